The molecule has 2 aliphatic heterocycles. The van der Waals surface area contributed by atoms with E-state index in [4.69, 9.17) is 4.65 Å². The third-order valence-corrected chi connectivity index (χ3v) is 7.70. The summed E-state index contributed by atoms with van der Waals surface area (Å²) in [5, 5.41) is 20.5. The molecule has 0 saturated carbocycles. The van der Waals surface area contributed by atoms with Gasteiger partial charge in [-0.15, -0.1) is 0 Å². The molecule has 0 aromatic heterocycles. The number of likely N-dealkylation sites (tertiary alicyclic amines) is 1. The Kier molecular flexibility index (Phi) is 6.38. The first kappa shape index (κ1) is 23.6. The van der Waals surface area contributed by atoms with Crippen molar-refractivity contribution in [1.29, 1.82) is 0 Å². The number of amides is 2. The second-order valence-corrected chi connectivity index (χ2v) is 9.90. The highest BCUT2D eigenvalue weighted by Gasteiger charge is 2.55. The lowest BCUT2D eigenvalue weighted by Gasteiger charge is -2.42. The number of aromatic hydroxyl groups is 1. The zero-order valence-electron chi connectivity index (χ0n) is 20.1. The van der Waals surface area contributed by atoms with Crippen LogP contribution in [0.15, 0.2) is 65.7 Å². The number of carbonyl (C=O) groups is 2. The van der Waals surface area contributed by atoms with Gasteiger partial charge in [0.15, 0.2) is 0 Å². The van der Waals surface area contributed by atoms with Crippen LogP contribution in [0, 0.1) is 17.8 Å². The average molecular weight is 471 g/mol. The quantitative estimate of drug-likeness (QED) is 0.296. The minimum absolute atomic E-state index is 0.114. The van der Waals surface area contributed by atoms with Crippen LogP contribution in [0.25, 0.3) is 11.6 Å². The molecule has 0 radical (unpaired) electrons. The number of carbonyl (C=O) groups excluding carboxylic acids is 2. The molecule has 2 amide bonds. The lowest BCUT2D eigenvalue weighted by molar-refractivity contribution is -0.138. The van der Waals surface area contributed by atoms with Gasteiger partial charge in [-0.25, -0.2) is 0 Å². The third-order valence-electron chi connectivity index (χ3n) is 7.70. The molecule has 7 heteroatoms. The first-order valence-electron chi connectivity index (χ1n) is 12.2. The summed E-state index contributed by atoms with van der Waals surface area (Å²) < 4.78 is 6.04. The van der Waals surface area contributed by atoms with Crippen molar-refractivity contribution < 1.29 is 24.4 Å². The number of hydrogen-bond donors (Lipinski definition) is 2. The van der Waals surface area contributed by atoms with Crippen molar-refractivity contribution in [2.24, 2.45) is 17.8 Å². The molecular formula is C28H30BNO5. The Morgan fingerprint density at radius 3 is 2.63 bits per heavy atom. The van der Waals surface area contributed by atoms with Gasteiger partial charge in [0.1, 0.15) is 5.75 Å². The van der Waals surface area contributed by atoms with E-state index in [1.54, 1.807) is 19.2 Å². The van der Waals surface area contributed by atoms with Gasteiger partial charge in [0.25, 0.3) is 0 Å². The van der Waals surface area contributed by atoms with Crippen LogP contribution in [0.5, 0.6) is 5.75 Å². The fourth-order valence-corrected chi connectivity index (χ4v) is 6.13. The summed E-state index contributed by atoms with van der Waals surface area (Å²) in [6.45, 7) is 2.03. The molecule has 3 aliphatic rings. The Balaban J connectivity index is 1.44. The van der Waals surface area contributed by atoms with E-state index in [9.17, 15) is 19.7 Å². The maximum absolute atomic E-state index is 12.9. The van der Waals surface area contributed by atoms with Gasteiger partial charge in [0.2, 0.25) is 11.8 Å². The molecular weight excluding hydrogens is 441 g/mol. The third kappa shape index (κ3) is 4.46. The SMILES string of the molecule is CC1=C2[C@@H](CC/C(=C/c3cccc(O)c3)c3ccccc3)OB(O)C[C@@H]2[C@@H]2C(=O)N(C)C(=O)[C@@H]2C1. The number of fused-ring (bicyclic) bond motifs is 3. The normalized spacial score (nSPS) is 26.8. The van der Waals surface area contributed by atoms with Crippen LogP contribution in [-0.2, 0) is 14.2 Å². The molecule has 6 nitrogen and oxygen atoms in total. The molecule has 0 unspecified atom stereocenters. The largest absolute Gasteiger partial charge is 0.508 e. The number of phenolic OH excluding ortho intramolecular Hbond substituents is 1. The summed E-state index contributed by atoms with van der Waals surface area (Å²) >= 11 is 0. The number of phenols is 1. The van der Waals surface area contributed by atoms with Gasteiger partial charge < -0.3 is 14.8 Å². The first-order chi connectivity index (χ1) is 16.8. The van der Waals surface area contributed by atoms with E-state index in [0.29, 0.717) is 25.6 Å². The predicted molar refractivity (Wildman–Crippen MR) is 135 cm³/mol. The Bertz CT molecular complexity index is 1210. The van der Waals surface area contributed by atoms with Crippen LogP contribution in [0.2, 0.25) is 6.32 Å². The molecule has 180 valence electrons. The fraction of sp³-hybridized carbons (Fsp3) is 0.357. The van der Waals surface area contributed by atoms with E-state index in [-0.39, 0.29) is 35.5 Å². The summed E-state index contributed by atoms with van der Waals surface area (Å²) in [5.74, 6) is -0.973. The molecule has 4 atom stereocenters. The Hall–Kier alpha value is -3.16. The van der Waals surface area contributed by atoms with E-state index < -0.39 is 13.0 Å². The van der Waals surface area contributed by atoms with Crippen LogP contribution in [-0.4, -0.2) is 47.1 Å². The van der Waals surface area contributed by atoms with E-state index in [2.05, 4.69) is 18.2 Å². The Labute approximate surface area is 206 Å². The number of benzene rings is 2. The van der Waals surface area contributed by atoms with E-state index in [1.807, 2.05) is 37.3 Å². The molecule has 2 aromatic carbocycles. The molecule has 2 aromatic rings. The van der Waals surface area contributed by atoms with E-state index in [0.717, 1.165) is 27.8 Å². The summed E-state index contributed by atoms with van der Waals surface area (Å²) in [5.41, 5.74) is 5.26. The molecule has 0 bridgehead atoms. The predicted octanol–water partition coefficient (Wildman–Crippen LogP) is 4.16. The second kappa shape index (κ2) is 9.48. The van der Waals surface area contributed by atoms with E-state index in [1.165, 1.54) is 4.90 Å². The molecule has 2 heterocycles. The van der Waals surface area contributed by atoms with Crippen molar-refractivity contribution in [3.63, 3.8) is 0 Å². The van der Waals surface area contributed by atoms with Crippen LogP contribution >= 0.6 is 0 Å². The second-order valence-electron chi connectivity index (χ2n) is 9.90. The summed E-state index contributed by atoms with van der Waals surface area (Å²) in [7, 11) is 0.591. The summed E-state index contributed by atoms with van der Waals surface area (Å²) in [4.78, 5) is 26.9. The molecule has 1 aliphatic carbocycles. The molecule has 2 fully saturated rings. The molecule has 5 rings (SSSR count). The number of hydrogen-bond acceptors (Lipinski definition) is 5. The van der Waals surface area contributed by atoms with Crippen LogP contribution < -0.4 is 0 Å². The highest BCUT2D eigenvalue weighted by atomic mass is 16.5. The van der Waals surface area contributed by atoms with Gasteiger partial charge in [0.05, 0.1) is 17.9 Å². The maximum Gasteiger partial charge on any atom is 0.455 e. The van der Waals surface area contributed by atoms with Gasteiger partial charge in [0, 0.05) is 7.05 Å². The van der Waals surface area contributed by atoms with Crippen molar-refractivity contribution in [3.8, 4) is 5.75 Å². The van der Waals surface area contributed by atoms with Gasteiger partial charge in [-0.2, -0.15) is 0 Å². The maximum atomic E-state index is 12.9. The minimum atomic E-state index is -0.968. The fourth-order valence-electron chi connectivity index (χ4n) is 6.13. The van der Waals surface area contributed by atoms with Crippen LogP contribution in [0.4, 0.5) is 0 Å². The lowest BCUT2D eigenvalue weighted by Crippen LogP contribution is -2.45. The number of nitrogens with zero attached hydrogens (tertiary/aromatic N) is 1. The van der Waals surface area contributed by atoms with Gasteiger partial charge in [-0.3, -0.25) is 14.5 Å². The molecule has 2 saturated heterocycles. The van der Waals surface area contributed by atoms with Crippen molar-refractivity contribution in [1.82, 2.24) is 4.90 Å². The highest BCUT2D eigenvalue weighted by Crippen LogP contribution is 2.50. The zero-order valence-corrected chi connectivity index (χ0v) is 20.1. The monoisotopic (exact) mass is 471 g/mol. The highest BCUT2D eigenvalue weighted by molar-refractivity contribution is 6.43. The van der Waals surface area contributed by atoms with Crippen molar-refractivity contribution in [2.45, 2.75) is 38.6 Å². The smallest absolute Gasteiger partial charge is 0.455 e. The summed E-state index contributed by atoms with van der Waals surface area (Å²) in [6, 6.07) is 17.2. The average Bonchev–Trinajstić information content (AvgIpc) is 3.05. The Morgan fingerprint density at radius 2 is 1.89 bits per heavy atom. The topological polar surface area (TPSA) is 87.1 Å². The zero-order chi connectivity index (χ0) is 24.7. The van der Waals surface area contributed by atoms with Gasteiger partial charge >= 0.3 is 7.12 Å². The number of rotatable bonds is 5. The number of imide groups is 1. The first-order valence-corrected chi connectivity index (χ1v) is 12.2. The Morgan fingerprint density at radius 1 is 1.11 bits per heavy atom. The van der Waals surface area contributed by atoms with Gasteiger partial charge in [-0.1, -0.05) is 54.1 Å². The summed E-state index contributed by atoms with van der Waals surface area (Å²) in [6.07, 6.45) is 3.96. The molecule has 35 heavy (non-hydrogen) atoms. The van der Waals surface area contributed by atoms with Crippen molar-refractivity contribution in [2.75, 3.05) is 7.05 Å². The van der Waals surface area contributed by atoms with Crippen LogP contribution in [0.1, 0.15) is 37.3 Å². The van der Waals surface area contributed by atoms with Crippen molar-refractivity contribution in [3.05, 3.63) is 76.9 Å². The van der Waals surface area contributed by atoms with Gasteiger partial charge in [-0.05, 0) is 72.8 Å². The van der Waals surface area contributed by atoms with Crippen LogP contribution in [0.3, 0.4) is 0 Å². The minimum Gasteiger partial charge on any atom is -0.508 e. The molecule has 0 spiro atoms. The number of allylic oxidation sites excluding steroid dienone is 2. The molecule has 2 N–H and O–H groups in total. The lowest BCUT2D eigenvalue weighted by atomic mass is 9.58. The standard InChI is InChI=1S/C28H30BNO5/c1-17-13-22-26(28(33)30(2)27(22)32)23-16-29(34)35-24(25(17)23)12-11-20(19-8-4-3-5-9-19)14-18-7-6-10-21(31)15-18/h3-10,14-15,22-24,26,31,34H,11-13,16H2,1-2H3/b20-14-/t22-,23+,24-,26-/m1/s1. The van der Waals surface area contributed by atoms with E-state index >= 15 is 0 Å². The van der Waals surface area contributed by atoms with Crippen molar-refractivity contribution >= 4 is 30.6 Å².